The van der Waals surface area contributed by atoms with Crippen molar-refractivity contribution in [3.63, 3.8) is 0 Å². The molecule has 0 aliphatic heterocycles. The minimum Gasteiger partial charge on any atom is -0.381 e. The van der Waals surface area contributed by atoms with Gasteiger partial charge >= 0.3 is 0 Å². The summed E-state index contributed by atoms with van der Waals surface area (Å²) >= 11 is 0. The third-order valence-corrected chi connectivity index (χ3v) is 2.16. The number of benzene rings is 1. The van der Waals surface area contributed by atoms with Gasteiger partial charge in [-0.05, 0) is 24.3 Å². The Balaban J connectivity index is 2.20. The van der Waals surface area contributed by atoms with E-state index in [2.05, 4.69) is 15.3 Å². The zero-order valence-corrected chi connectivity index (χ0v) is 8.92. The molecule has 1 aromatic heterocycles. The van der Waals surface area contributed by atoms with Gasteiger partial charge in [-0.2, -0.15) is 0 Å². The first-order valence-corrected chi connectivity index (χ1v) is 4.90. The van der Waals surface area contributed by atoms with E-state index in [-0.39, 0.29) is 0 Å². The molecule has 2 aromatic rings. The standard InChI is InChI=1S/C11H11N5O/c12-9-11(15-6-5-14-9)16-8-3-1-7(2-4-8)10(13)17/h1-6H,(H2,12,14)(H2,13,17)(H,15,16). The topological polar surface area (TPSA) is 107 Å². The number of anilines is 3. The number of carbonyl (C=O) groups is 1. The van der Waals surface area contributed by atoms with E-state index >= 15 is 0 Å². The van der Waals surface area contributed by atoms with E-state index in [1.807, 2.05) is 0 Å². The van der Waals surface area contributed by atoms with Crippen molar-refractivity contribution in [2.45, 2.75) is 0 Å². The summed E-state index contributed by atoms with van der Waals surface area (Å²) in [5, 5.41) is 2.99. The van der Waals surface area contributed by atoms with E-state index in [1.54, 1.807) is 24.3 Å². The fourth-order valence-electron chi connectivity index (χ4n) is 1.30. The van der Waals surface area contributed by atoms with Crippen LogP contribution in [0.25, 0.3) is 0 Å². The van der Waals surface area contributed by atoms with Crippen LogP contribution in [0.3, 0.4) is 0 Å². The molecule has 0 radical (unpaired) electrons. The van der Waals surface area contributed by atoms with Crippen molar-refractivity contribution in [1.29, 1.82) is 0 Å². The van der Waals surface area contributed by atoms with Gasteiger partial charge in [0, 0.05) is 23.6 Å². The molecular weight excluding hydrogens is 218 g/mol. The van der Waals surface area contributed by atoms with Gasteiger partial charge < -0.3 is 16.8 Å². The average molecular weight is 229 g/mol. The quantitative estimate of drug-likeness (QED) is 0.724. The van der Waals surface area contributed by atoms with Crippen molar-refractivity contribution in [2.24, 2.45) is 5.73 Å². The molecule has 0 aliphatic carbocycles. The Morgan fingerprint density at radius 1 is 1.12 bits per heavy atom. The molecule has 0 unspecified atom stereocenters. The summed E-state index contributed by atoms with van der Waals surface area (Å²) in [6, 6.07) is 6.68. The van der Waals surface area contributed by atoms with Crippen LogP contribution in [0, 0.1) is 0 Å². The number of nitrogen functional groups attached to an aromatic ring is 1. The lowest BCUT2D eigenvalue weighted by Gasteiger charge is -2.07. The summed E-state index contributed by atoms with van der Waals surface area (Å²) in [6.07, 6.45) is 3.05. The summed E-state index contributed by atoms with van der Waals surface area (Å²) in [4.78, 5) is 18.8. The van der Waals surface area contributed by atoms with E-state index < -0.39 is 5.91 Å². The molecule has 0 saturated heterocycles. The van der Waals surface area contributed by atoms with Crippen LogP contribution in [-0.2, 0) is 0 Å². The fourth-order valence-corrected chi connectivity index (χ4v) is 1.30. The second-order valence-electron chi connectivity index (χ2n) is 3.36. The Kier molecular flexibility index (Phi) is 2.87. The Hall–Kier alpha value is -2.63. The number of carbonyl (C=O) groups excluding carboxylic acids is 1. The smallest absolute Gasteiger partial charge is 0.248 e. The van der Waals surface area contributed by atoms with Gasteiger partial charge in [0.15, 0.2) is 11.6 Å². The minimum absolute atomic E-state index is 0.312. The highest BCUT2D eigenvalue weighted by molar-refractivity contribution is 5.93. The second kappa shape index (κ2) is 4.48. The van der Waals surface area contributed by atoms with Gasteiger partial charge in [-0.3, -0.25) is 4.79 Å². The molecule has 5 N–H and O–H groups in total. The highest BCUT2D eigenvalue weighted by Crippen LogP contribution is 2.18. The third kappa shape index (κ3) is 2.49. The number of nitrogens with one attached hydrogen (secondary N) is 1. The summed E-state index contributed by atoms with van der Waals surface area (Å²) < 4.78 is 0. The monoisotopic (exact) mass is 229 g/mol. The highest BCUT2D eigenvalue weighted by Gasteiger charge is 2.03. The molecule has 0 aliphatic rings. The zero-order valence-electron chi connectivity index (χ0n) is 8.92. The van der Waals surface area contributed by atoms with Gasteiger partial charge in [0.2, 0.25) is 5.91 Å². The van der Waals surface area contributed by atoms with Crippen LogP contribution in [0.4, 0.5) is 17.3 Å². The Morgan fingerprint density at radius 2 is 1.76 bits per heavy atom. The molecule has 1 aromatic carbocycles. The Bertz CT molecular complexity index is 538. The maximum Gasteiger partial charge on any atom is 0.248 e. The number of rotatable bonds is 3. The minimum atomic E-state index is -0.462. The number of nitrogens with zero attached hydrogens (tertiary/aromatic N) is 2. The second-order valence-corrected chi connectivity index (χ2v) is 3.36. The lowest BCUT2D eigenvalue weighted by atomic mass is 10.2. The van der Waals surface area contributed by atoms with Crippen LogP contribution in [0.15, 0.2) is 36.7 Å². The maximum atomic E-state index is 10.9. The zero-order chi connectivity index (χ0) is 12.3. The van der Waals surface area contributed by atoms with Crippen molar-refractivity contribution in [3.05, 3.63) is 42.2 Å². The van der Waals surface area contributed by atoms with Crippen LogP contribution in [-0.4, -0.2) is 15.9 Å². The lowest BCUT2D eigenvalue weighted by Crippen LogP contribution is -2.10. The fraction of sp³-hybridized carbons (Fsp3) is 0. The summed E-state index contributed by atoms with van der Waals surface area (Å²) in [5.41, 5.74) is 12.0. The molecule has 6 heteroatoms. The molecule has 1 heterocycles. The lowest BCUT2D eigenvalue weighted by molar-refractivity contribution is 0.100. The molecule has 6 nitrogen and oxygen atoms in total. The van der Waals surface area contributed by atoms with Gasteiger partial charge in [0.05, 0.1) is 0 Å². The number of aromatic nitrogens is 2. The number of hydrogen-bond acceptors (Lipinski definition) is 5. The molecule has 0 spiro atoms. The van der Waals surface area contributed by atoms with E-state index in [0.717, 1.165) is 5.69 Å². The average Bonchev–Trinajstić information content (AvgIpc) is 2.33. The van der Waals surface area contributed by atoms with E-state index in [9.17, 15) is 4.79 Å². The van der Waals surface area contributed by atoms with Crippen LogP contribution >= 0.6 is 0 Å². The third-order valence-electron chi connectivity index (χ3n) is 2.16. The number of hydrogen-bond donors (Lipinski definition) is 3. The largest absolute Gasteiger partial charge is 0.381 e. The van der Waals surface area contributed by atoms with E-state index in [0.29, 0.717) is 17.2 Å². The van der Waals surface area contributed by atoms with Crippen molar-refractivity contribution >= 4 is 23.2 Å². The molecule has 86 valence electrons. The summed E-state index contributed by atoms with van der Waals surface area (Å²) in [6.45, 7) is 0. The van der Waals surface area contributed by atoms with Crippen molar-refractivity contribution in [2.75, 3.05) is 11.1 Å². The van der Waals surface area contributed by atoms with Crippen molar-refractivity contribution in [3.8, 4) is 0 Å². The number of primary amides is 1. The first kappa shape index (κ1) is 10.9. The molecular formula is C11H11N5O. The molecule has 2 rings (SSSR count). The van der Waals surface area contributed by atoms with Crippen LogP contribution in [0.1, 0.15) is 10.4 Å². The number of nitrogens with two attached hydrogens (primary N) is 2. The van der Waals surface area contributed by atoms with Gasteiger partial charge in [-0.25, -0.2) is 9.97 Å². The van der Waals surface area contributed by atoms with Gasteiger partial charge in [0.25, 0.3) is 0 Å². The molecule has 0 saturated carbocycles. The first-order chi connectivity index (χ1) is 8.16. The Labute approximate surface area is 97.7 Å². The molecule has 0 atom stereocenters. The van der Waals surface area contributed by atoms with Gasteiger partial charge in [-0.1, -0.05) is 0 Å². The number of amides is 1. The molecule has 17 heavy (non-hydrogen) atoms. The summed E-state index contributed by atoms with van der Waals surface area (Å²) in [7, 11) is 0. The predicted molar refractivity (Wildman–Crippen MR) is 64.7 cm³/mol. The van der Waals surface area contributed by atoms with Gasteiger partial charge in [-0.15, -0.1) is 0 Å². The molecule has 1 amide bonds. The highest BCUT2D eigenvalue weighted by atomic mass is 16.1. The van der Waals surface area contributed by atoms with Crippen molar-refractivity contribution in [1.82, 2.24) is 9.97 Å². The first-order valence-electron chi connectivity index (χ1n) is 4.90. The SMILES string of the molecule is NC(=O)c1ccc(Nc2nccnc2N)cc1. The van der Waals surface area contributed by atoms with E-state index in [1.165, 1.54) is 12.4 Å². The van der Waals surface area contributed by atoms with Crippen LogP contribution < -0.4 is 16.8 Å². The Morgan fingerprint density at radius 3 is 2.35 bits per heavy atom. The summed E-state index contributed by atoms with van der Waals surface area (Å²) in [5.74, 6) is 0.321. The van der Waals surface area contributed by atoms with E-state index in [4.69, 9.17) is 11.5 Å². The maximum absolute atomic E-state index is 10.9. The van der Waals surface area contributed by atoms with Crippen LogP contribution in [0.5, 0.6) is 0 Å². The van der Waals surface area contributed by atoms with Crippen molar-refractivity contribution < 1.29 is 4.79 Å². The molecule has 0 fully saturated rings. The normalized spacial score (nSPS) is 9.88. The predicted octanol–water partition coefficient (Wildman–Crippen LogP) is 0.901. The van der Waals surface area contributed by atoms with Crippen LogP contribution in [0.2, 0.25) is 0 Å². The van der Waals surface area contributed by atoms with Gasteiger partial charge in [0.1, 0.15) is 0 Å². The molecule has 0 bridgehead atoms.